The van der Waals surface area contributed by atoms with Crippen LogP contribution in [0.5, 0.6) is 0 Å². The number of carboxylic acids is 1. The maximum atomic E-state index is 11.8. The second kappa shape index (κ2) is 6.47. The fourth-order valence-corrected chi connectivity index (χ4v) is 2.15. The number of urea groups is 1. The molecule has 0 aromatic carbocycles. The average molecular weight is 242 g/mol. The van der Waals surface area contributed by atoms with E-state index >= 15 is 0 Å². The van der Waals surface area contributed by atoms with E-state index in [2.05, 4.69) is 12.2 Å². The van der Waals surface area contributed by atoms with Crippen LogP contribution in [-0.2, 0) is 4.79 Å². The number of hydrogen-bond donors (Lipinski definition) is 2. The van der Waals surface area contributed by atoms with E-state index in [1.165, 1.54) is 0 Å². The molecule has 98 valence electrons. The summed E-state index contributed by atoms with van der Waals surface area (Å²) in [6.07, 6.45) is 3.61. The molecule has 0 aromatic rings. The molecule has 0 saturated carbocycles. The van der Waals surface area contributed by atoms with Crippen molar-refractivity contribution in [3.05, 3.63) is 0 Å². The van der Waals surface area contributed by atoms with Crippen LogP contribution in [0.2, 0.25) is 0 Å². The minimum absolute atomic E-state index is 0.0491. The van der Waals surface area contributed by atoms with E-state index in [4.69, 9.17) is 5.11 Å². The third-order valence-corrected chi connectivity index (χ3v) is 3.38. The first-order valence-corrected chi connectivity index (χ1v) is 6.33. The Morgan fingerprint density at radius 2 is 2.24 bits per heavy atom. The van der Waals surface area contributed by atoms with Gasteiger partial charge in [-0.15, -0.1) is 0 Å². The van der Waals surface area contributed by atoms with Gasteiger partial charge in [0.25, 0.3) is 0 Å². The summed E-state index contributed by atoms with van der Waals surface area (Å²) in [6.45, 7) is 4.99. The number of nitrogens with one attached hydrogen (secondary N) is 1. The van der Waals surface area contributed by atoms with Crippen LogP contribution in [0.1, 0.15) is 39.5 Å². The number of amides is 2. The van der Waals surface area contributed by atoms with Crippen LogP contribution < -0.4 is 5.32 Å². The maximum Gasteiger partial charge on any atom is 0.317 e. The van der Waals surface area contributed by atoms with E-state index in [1.807, 2.05) is 4.90 Å². The molecule has 0 bridgehead atoms. The maximum absolute atomic E-state index is 11.8. The van der Waals surface area contributed by atoms with Crippen LogP contribution in [0.25, 0.3) is 0 Å². The van der Waals surface area contributed by atoms with Gasteiger partial charge in [-0.2, -0.15) is 0 Å². The Morgan fingerprint density at radius 1 is 1.53 bits per heavy atom. The molecular weight excluding hydrogens is 220 g/mol. The van der Waals surface area contributed by atoms with E-state index < -0.39 is 11.9 Å². The zero-order chi connectivity index (χ0) is 12.8. The van der Waals surface area contributed by atoms with Crippen molar-refractivity contribution in [2.45, 2.75) is 45.6 Å². The van der Waals surface area contributed by atoms with Crippen LogP contribution in [0.4, 0.5) is 4.79 Å². The summed E-state index contributed by atoms with van der Waals surface area (Å²) in [7, 11) is 0. The van der Waals surface area contributed by atoms with Gasteiger partial charge in [0.2, 0.25) is 0 Å². The first-order valence-electron chi connectivity index (χ1n) is 6.33. The van der Waals surface area contributed by atoms with Crippen molar-refractivity contribution in [2.24, 2.45) is 5.92 Å². The second-order valence-corrected chi connectivity index (χ2v) is 4.66. The molecule has 5 nitrogen and oxygen atoms in total. The van der Waals surface area contributed by atoms with Crippen LogP contribution in [0.3, 0.4) is 0 Å². The molecule has 1 aliphatic rings. The quantitative estimate of drug-likeness (QED) is 0.770. The smallest absolute Gasteiger partial charge is 0.317 e. The largest absolute Gasteiger partial charge is 0.481 e. The lowest BCUT2D eigenvalue weighted by atomic mass is 10.1. The Hall–Kier alpha value is -1.26. The number of aliphatic carboxylic acids is 1. The monoisotopic (exact) mass is 242 g/mol. The van der Waals surface area contributed by atoms with Crippen LogP contribution in [0.15, 0.2) is 0 Å². The third-order valence-electron chi connectivity index (χ3n) is 3.38. The summed E-state index contributed by atoms with van der Waals surface area (Å²) in [5.74, 6) is -1.22. The van der Waals surface area contributed by atoms with Gasteiger partial charge < -0.3 is 15.3 Å². The molecule has 0 spiro atoms. The van der Waals surface area contributed by atoms with E-state index in [1.54, 1.807) is 6.92 Å². The molecule has 1 aliphatic heterocycles. The number of hydrogen-bond acceptors (Lipinski definition) is 2. The van der Waals surface area contributed by atoms with Gasteiger partial charge in [-0.25, -0.2) is 4.79 Å². The summed E-state index contributed by atoms with van der Waals surface area (Å²) < 4.78 is 0. The van der Waals surface area contributed by atoms with E-state index in [-0.39, 0.29) is 6.03 Å². The summed E-state index contributed by atoms with van der Waals surface area (Å²) in [4.78, 5) is 24.3. The minimum atomic E-state index is -0.813. The van der Waals surface area contributed by atoms with Crippen molar-refractivity contribution in [3.63, 3.8) is 0 Å². The highest BCUT2D eigenvalue weighted by Gasteiger charge is 2.26. The van der Waals surface area contributed by atoms with Gasteiger partial charge in [0.15, 0.2) is 0 Å². The molecule has 2 amide bonds. The predicted molar refractivity (Wildman–Crippen MR) is 64.8 cm³/mol. The molecule has 2 atom stereocenters. The normalized spacial score (nSPS) is 21.3. The zero-order valence-corrected chi connectivity index (χ0v) is 10.6. The summed E-state index contributed by atoms with van der Waals surface area (Å²) >= 11 is 0. The number of carboxylic acid groups (broad SMARTS) is 1. The number of likely N-dealkylation sites (tertiary alicyclic amines) is 1. The summed E-state index contributed by atoms with van der Waals surface area (Å²) in [5, 5.41) is 11.5. The molecule has 1 rings (SSSR count). The number of carbonyl (C=O) groups excluding carboxylic acids is 1. The molecule has 1 fully saturated rings. The lowest BCUT2D eigenvalue weighted by Crippen LogP contribution is -2.43. The SMILES string of the molecule is CCC1CCCN1C(=O)NCCC(C)C(=O)O. The molecule has 1 heterocycles. The van der Waals surface area contributed by atoms with Crippen molar-refractivity contribution in [3.8, 4) is 0 Å². The summed E-state index contributed by atoms with van der Waals surface area (Å²) in [5.41, 5.74) is 0. The number of nitrogens with zero attached hydrogens (tertiary/aromatic N) is 1. The van der Waals surface area contributed by atoms with Crippen molar-refractivity contribution < 1.29 is 14.7 Å². The van der Waals surface area contributed by atoms with Gasteiger partial charge in [-0.1, -0.05) is 13.8 Å². The fraction of sp³-hybridized carbons (Fsp3) is 0.833. The first-order chi connectivity index (χ1) is 8.06. The molecule has 2 N–H and O–H groups in total. The van der Waals surface area contributed by atoms with Crippen molar-refractivity contribution in [1.82, 2.24) is 10.2 Å². The Kier molecular flexibility index (Phi) is 5.25. The minimum Gasteiger partial charge on any atom is -0.481 e. The van der Waals surface area contributed by atoms with E-state index in [0.29, 0.717) is 19.0 Å². The zero-order valence-electron chi connectivity index (χ0n) is 10.6. The molecular formula is C12H22N2O3. The Bertz CT molecular complexity index is 281. The number of rotatable bonds is 5. The predicted octanol–water partition coefficient (Wildman–Crippen LogP) is 1.68. The first kappa shape index (κ1) is 13.8. The van der Waals surface area contributed by atoms with Gasteiger partial charge in [0.05, 0.1) is 5.92 Å². The van der Waals surface area contributed by atoms with Crippen LogP contribution >= 0.6 is 0 Å². The highest BCUT2D eigenvalue weighted by Crippen LogP contribution is 2.19. The number of carbonyl (C=O) groups is 2. The van der Waals surface area contributed by atoms with E-state index in [0.717, 1.165) is 25.8 Å². The fourth-order valence-electron chi connectivity index (χ4n) is 2.15. The van der Waals surface area contributed by atoms with Crippen LogP contribution in [-0.4, -0.2) is 41.1 Å². The van der Waals surface area contributed by atoms with Gasteiger partial charge in [-0.3, -0.25) is 4.79 Å². The van der Waals surface area contributed by atoms with Gasteiger partial charge in [-0.05, 0) is 25.7 Å². The lowest BCUT2D eigenvalue weighted by molar-refractivity contribution is -0.141. The second-order valence-electron chi connectivity index (χ2n) is 4.66. The van der Waals surface area contributed by atoms with Crippen molar-refractivity contribution in [2.75, 3.05) is 13.1 Å². The topological polar surface area (TPSA) is 69.6 Å². The van der Waals surface area contributed by atoms with Gasteiger partial charge in [0.1, 0.15) is 0 Å². The van der Waals surface area contributed by atoms with Crippen molar-refractivity contribution in [1.29, 1.82) is 0 Å². The molecule has 2 unspecified atom stereocenters. The van der Waals surface area contributed by atoms with E-state index in [9.17, 15) is 9.59 Å². The molecule has 1 saturated heterocycles. The molecule has 0 radical (unpaired) electrons. The Balaban J connectivity index is 2.27. The highest BCUT2D eigenvalue weighted by molar-refractivity contribution is 5.75. The molecule has 0 aliphatic carbocycles. The lowest BCUT2D eigenvalue weighted by Gasteiger charge is -2.24. The summed E-state index contributed by atoms with van der Waals surface area (Å²) in [6, 6.07) is 0.304. The highest BCUT2D eigenvalue weighted by atomic mass is 16.4. The van der Waals surface area contributed by atoms with Crippen molar-refractivity contribution >= 4 is 12.0 Å². The van der Waals surface area contributed by atoms with Gasteiger partial charge in [0, 0.05) is 19.1 Å². The average Bonchev–Trinajstić information content (AvgIpc) is 2.76. The third kappa shape index (κ3) is 3.91. The molecule has 0 aromatic heterocycles. The molecule has 17 heavy (non-hydrogen) atoms. The van der Waals surface area contributed by atoms with Gasteiger partial charge >= 0.3 is 12.0 Å². The Morgan fingerprint density at radius 3 is 2.82 bits per heavy atom. The molecule has 5 heteroatoms. The Labute approximate surface area is 102 Å². The standard InChI is InChI=1S/C12H22N2O3/c1-3-10-5-4-8-14(10)12(17)13-7-6-9(2)11(15)16/h9-10H,3-8H2,1-2H3,(H,13,17)(H,15,16). The van der Waals surface area contributed by atoms with Crippen LogP contribution in [0, 0.1) is 5.92 Å².